The molecule has 3 amide bonds. The first kappa shape index (κ1) is 17.7. The van der Waals surface area contributed by atoms with Gasteiger partial charge in [-0.25, -0.2) is 0 Å². The molecule has 0 radical (unpaired) electrons. The summed E-state index contributed by atoms with van der Waals surface area (Å²) in [5.74, 6) is -0.928. The van der Waals surface area contributed by atoms with Crippen LogP contribution in [0, 0.1) is 0 Å². The van der Waals surface area contributed by atoms with Crippen LogP contribution in [0.25, 0.3) is 10.9 Å². The Morgan fingerprint density at radius 3 is 2.75 bits per heavy atom. The third-order valence-corrected chi connectivity index (χ3v) is 4.89. The zero-order valence-corrected chi connectivity index (χ0v) is 15.0. The minimum atomic E-state index is -0.626. The first-order chi connectivity index (χ1) is 13.6. The standard InChI is InChI=1S/C20H19N5O3/c26-18-6-5-17(20(28)24-23-19(27)13-7-9-21-10-8-13)25(18)12-14-11-22-16-4-2-1-3-15(14)16/h1-4,7-11,17,22H,5-6,12H2,(H,23,27)(H,24,28). The number of hydrazine groups is 1. The number of carbonyl (C=O) groups excluding carboxylic acids is 3. The largest absolute Gasteiger partial charge is 0.361 e. The van der Waals surface area contributed by atoms with Crippen molar-refractivity contribution in [3.8, 4) is 0 Å². The SMILES string of the molecule is O=C(NNC(=O)C1CCC(=O)N1Cc1c[nH]c2ccccc12)c1ccncc1. The van der Waals surface area contributed by atoms with Gasteiger partial charge in [-0.3, -0.25) is 30.2 Å². The summed E-state index contributed by atoms with van der Waals surface area (Å²) in [5.41, 5.74) is 7.13. The molecule has 1 aliphatic rings. The fraction of sp³-hybridized carbons (Fsp3) is 0.200. The maximum Gasteiger partial charge on any atom is 0.269 e. The van der Waals surface area contributed by atoms with Crippen molar-refractivity contribution in [2.24, 2.45) is 0 Å². The molecule has 8 nitrogen and oxygen atoms in total. The topological polar surface area (TPSA) is 107 Å². The lowest BCUT2D eigenvalue weighted by Gasteiger charge is -2.24. The van der Waals surface area contributed by atoms with Crippen LogP contribution in [0.3, 0.4) is 0 Å². The van der Waals surface area contributed by atoms with Gasteiger partial charge in [0.25, 0.3) is 11.8 Å². The summed E-state index contributed by atoms with van der Waals surface area (Å²) in [5, 5.41) is 1.02. The molecule has 8 heteroatoms. The Morgan fingerprint density at radius 2 is 1.93 bits per heavy atom. The van der Waals surface area contributed by atoms with Gasteiger partial charge in [0.1, 0.15) is 6.04 Å². The molecule has 4 rings (SSSR count). The number of hydrogen-bond acceptors (Lipinski definition) is 4. The molecule has 2 aromatic heterocycles. The highest BCUT2D eigenvalue weighted by Gasteiger charge is 2.36. The Hall–Kier alpha value is -3.68. The van der Waals surface area contributed by atoms with Crippen LogP contribution in [0.2, 0.25) is 0 Å². The number of aromatic amines is 1. The van der Waals surface area contributed by atoms with E-state index < -0.39 is 17.9 Å². The van der Waals surface area contributed by atoms with Gasteiger partial charge in [0, 0.05) is 48.0 Å². The fourth-order valence-electron chi connectivity index (χ4n) is 3.43. The van der Waals surface area contributed by atoms with Crippen LogP contribution < -0.4 is 10.9 Å². The van der Waals surface area contributed by atoms with E-state index in [4.69, 9.17) is 0 Å². The quantitative estimate of drug-likeness (QED) is 0.599. The van der Waals surface area contributed by atoms with E-state index in [-0.39, 0.29) is 5.91 Å². The van der Waals surface area contributed by atoms with Gasteiger partial charge in [0.15, 0.2) is 0 Å². The summed E-state index contributed by atoms with van der Waals surface area (Å²) in [6.45, 7) is 0.333. The number of para-hydroxylation sites is 1. The lowest BCUT2D eigenvalue weighted by molar-refractivity contribution is -0.136. The number of rotatable bonds is 4. The predicted molar refractivity (Wildman–Crippen MR) is 102 cm³/mol. The van der Waals surface area contributed by atoms with E-state index in [1.807, 2.05) is 30.5 Å². The molecule has 0 spiro atoms. The highest BCUT2D eigenvalue weighted by Crippen LogP contribution is 2.25. The molecule has 28 heavy (non-hydrogen) atoms. The van der Waals surface area contributed by atoms with Gasteiger partial charge >= 0.3 is 0 Å². The molecule has 1 fully saturated rings. The number of carbonyl (C=O) groups is 3. The minimum Gasteiger partial charge on any atom is -0.361 e. The number of nitrogens with zero attached hydrogens (tertiary/aromatic N) is 2. The zero-order chi connectivity index (χ0) is 19.5. The minimum absolute atomic E-state index is 0.0779. The number of aromatic nitrogens is 2. The molecule has 0 aliphatic carbocycles. The van der Waals surface area contributed by atoms with Crippen LogP contribution in [0.4, 0.5) is 0 Å². The van der Waals surface area contributed by atoms with Crippen LogP contribution in [0.5, 0.6) is 0 Å². The summed E-state index contributed by atoms with van der Waals surface area (Å²) < 4.78 is 0. The average Bonchev–Trinajstić information content (AvgIpc) is 3.31. The monoisotopic (exact) mass is 377 g/mol. The van der Waals surface area contributed by atoms with Crippen molar-refractivity contribution in [2.75, 3.05) is 0 Å². The second-order valence-electron chi connectivity index (χ2n) is 6.61. The van der Waals surface area contributed by atoms with Gasteiger partial charge in [-0.05, 0) is 30.2 Å². The average molecular weight is 377 g/mol. The molecule has 3 aromatic rings. The molecule has 3 heterocycles. The van der Waals surface area contributed by atoms with E-state index in [0.717, 1.165) is 16.5 Å². The van der Waals surface area contributed by atoms with Gasteiger partial charge in [0.05, 0.1) is 0 Å². The lowest BCUT2D eigenvalue weighted by atomic mass is 10.1. The van der Waals surface area contributed by atoms with Crippen molar-refractivity contribution < 1.29 is 14.4 Å². The maximum atomic E-state index is 12.6. The molecular weight excluding hydrogens is 358 g/mol. The number of benzene rings is 1. The smallest absolute Gasteiger partial charge is 0.269 e. The number of H-pyrrole nitrogens is 1. The molecule has 1 aromatic carbocycles. The molecule has 0 bridgehead atoms. The summed E-state index contributed by atoms with van der Waals surface area (Å²) in [7, 11) is 0. The molecule has 1 unspecified atom stereocenters. The first-order valence-corrected chi connectivity index (χ1v) is 8.98. The van der Waals surface area contributed by atoms with Crippen LogP contribution in [-0.4, -0.2) is 38.6 Å². The van der Waals surface area contributed by atoms with Gasteiger partial charge in [-0.1, -0.05) is 18.2 Å². The Balaban J connectivity index is 1.43. The Morgan fingerprint density at radius 1 is 1.14 bits per heavy atom. The highest BCUT2D eigenvalue weighted by atomic mass is 16.2. The number of hydrogen-bond donors (Lipinski definition) is 3. The van der Waals surface area contributed by atoms with Gasteiger partial charge in [-0.15, -0.1) is 0 Å². The summed E-state index contributed by atoms with van der Waals surface area (Å²) in [6.07, 6.45) is 5.57. The van der Waals surface area contributed by atoms with E-state index in [2.05, 4.69) is 20.8 Å². The van der Waals surface area contributed by atoms with Crippen LogP contribution in [0.1, 0.15) is 28.8 Å². The second-order valence-corrected chi connectivity index (χ2v) is 6.61. The number of fused-ring (bicyclic) bond motifs is 1. The molecular formula is C20H19N5O3. The fourth-order valence-corrected chi connectivity index (χ4v) is 3.43. The first-order valence-electron chi connectivity index (χ1n) is 8.98. The van der Waals surface area contributed by atoms with Crippen LogP contribution in [-0.2, 0) is 16.1 Å². The van der Waals surface area contributed by atoms with Crippen molar-refractivity contribution >= 4 is 28.6 Å². The summed E-state index contributed by atoms with van der Waals surface area (Å²) in [4.78, 5) is 45.6. The number of pyridine rings is 1. The van der Waals surface area contributed by atoms with E-state index >= 15 is 0 Å². The third-order valence-electron chi connectivity index (χ3n) is 4.89. The van der Waals surface area contributed by atoms with Gasteiger partial charge in [-0.2, -0.15) is 0 Å². The Bertz CT molecular complexity index is 1030. The van der Waals surface area contributed by atoms with Crippen molar-refractivity contribution in [2.45, 2.75) is 25.4 Å². The molecule has 0 saturated carbocycles. The molecule has 142 valence electrons. The summed E-state index contributed by atoms with van der Waals surface area (Å²) in [6, 6.07) is 10.3. The molecule has 1 saturated heterocycles. The van der Waals surface area contributed by atoms with Gasteiger partial charge < -0.3 is 9.88 Å². The number of likely N-dealkylation sites (tertiary alicyclic amines) is 1. The molecule has 3 N–H and O–H groups in total. The van der Waals surface area contributed by atoms with Crippen molar-refractivity contribution in [3.63, 3.8) is 0 Å². The predicted octanol–water partition coefficient (Wildman–Crippen LogP) is 1.52. The molecule has 1 atom stereocenters. The Kier molecular flexibility index (Phi) is 4.76. The van der Waals surface area contributed by atoms with Crippen molar-refractivity contribution in [3.05, 3.63) is 66.1 Å². The van der Waals surface area contributed by atoms with Crippen LogP contribution in [0.15, 0.2) is 55.0 Å². The zero-order valence-electron chi connectivity index (χ0n) is 15.0. The van der Waals surface area contributed by atoms with E-state index in [9.17, 15) is 14.4 Å². The lowest BCUT2D eigenvalue weighted by Crippen LogP contribution is -2.50. The van der Waals surface area contributed by atoms with Crippen LogP contribution >= 0.6 is 0 Å². The number of amides is 3. The van der Waals surface area contributed by atoms with E-state index in [0.29, 0.717) is 24.9 Å². The Labute approximate surface area is 160 Å². The maximum absolute atomic E-state index is 12.6. The third kappa shape index (κ3) is 3.44. The molecule has 1 aliphatic heterocycles. The van der Waals surface area contributed by atoms with E-state index in [1.165, 1.54) is 12.4 Å². The normalized spacial score (nSPS) is 16.4. The van der Waals surface area contributed by atoms with E-state index in [1.54, 1.807) is 17.0 Å². The second kappa shape index (κ2) is 7.51. The highest BCUT2D eigenvalue weighted by molar-refractivity contribution is 5.97. The van der Waals surface area contributed by atoms with Gasteiger partial charge in [0.2, 0.25) is 5.91 Å². The number of nitrogens with one attached hydrogen (secondary N) is 3. The van der Waals surface area contributed by atoms with Crippen molar-refractivity contribution in [1.82, 2.24) is 25.7 Å². The van der Waals surface area contributed by atoms with Crippen molar-refractivity contribution in [1.29, 1.82) is 0 Å². The summed E-state index contributed by atoms with van der Waals surface area (Å²) >= 11 is 0.